The highest BCUT2D eigenvalue weighted by molar-refractivity contribution is 5.68. The molecule has 1 saturated heterocycles. The molecule has 2 aromatic rings. The lowest BCUT2D eigenvalue weighted by atomic mass is 9.94. The number of benzene rings is 1. The molecule has 0 bridgehead atoms. The Hall–Kier alpha value is -3.31. The summed E-state index contributed by atoms with van der Waals surface area (Å²) < 4.78 is 37.5. The van der Waals surface area contributed by atoms with Gasteiger partial charge in [-0.05, 0) is 5.56 Å². The Morgan fingerprint density at radius 3 is 2.47 bits per heavy atom. The molecule has 2 unspecified atom stereocenters. The molecule has 1 fully saturated rings. The maximum atomic E-state index is 14.5. The summed E-state index contributed by atoms with van der Waals surface area (Å²) in [6.45, 7) is 0.847. The summed E-state index contributed by atoms with van der Waals surface area (Å²) >= 11 is 0. The van der Waals surface area contributed by atoms with Gasteiger partial charge in [-0.2, -0.15) is 0 Å². The van der Waals surface area contributed by atoms with Gasteiger partial charge >= 0.3 is 17.6 Å². The SMILES string of the molecule is CC(=O)O[C@H]1C(COCc2ccccc2)O[C@H](n2ccc(=O)[nH]c2=O)C1(CF)OC(C)=O. The van der Waals surface area contributed by atoms with Gasteiger partial charge in [-0.25, -0.2) is 9.18 Å². The molecule has 3 rings (SSSR count). The second-order valence-electron chi connectivity index (χ2n) is 7.26. The van der Waals surface area contributed by atoms with E-state index in [4.69, 9.17) is 18.9 Å². The summed E-state index contributed by atoms with van der Waals surface area (Å²) in [4.78, 5) is 49.5. The Morgan fingerprint density at radius 1 is 1.16 bits per heavy atom. The van der Waals surface area contributed by atoms with Gasteiger partial charge in [0.15, 0.2) is 12.3 Å². The fourth-order valence-corrected chi connectivity index (χ4v) is 3.61. The summed E-state index contributed by atoms with van der Waals surface area (Å²) in [7, 11) is 0. The molecule has 2 heterocycles. The quantitative estimate of drug-likeness (QED) is 0.587. The molecule has 0 spiro atoms. The zero-order chi connectivity index (χ0) is 23.3. The number of nitrogens with one attached hydrogen (secondary N) is 1. The first-order chi connectivity index (χ1) is 15.3. The average Bonchev–Trinajstić information content (AvgIpc) is 3.01. The largest absolute Gasteiger partial charge is 0.455 e. The molecule has 172 valence electrons. The van der Waals surface area contributed by atoms with Crippen LogP contribution in [0.15, 0.2) is 52.2 Å². The van der Waals surface area contributed by atoms with Crippen LogP contribution in [-0.2, 0) is 35.1 Å². The minimum atomic E-state index is -2.18. The molecule has 0 saturated carbocycles. The highest BCUT2D eigenvalue weighted by Gasteiger charge is 2.63. The molecule has 32 heavy (non-hydrogen) atoms. The van der Waals surface area contributed by atoms with Crippen molar-refractivity contribution in [2.75, 3.05) is 13.3 Å². The van der Waals surface area contributed by atoms with Crippen molar-refractivity contribution in [3.63, 3.8) is 0 Å². The monoisotopic (exact) mass is 450 g/mol. The van der Waals surface area contributed by atoms with Crippen molar-refractivity contribution in [3.8, 4) is 0 Å². The van der Waals surface area contributed by atoms with E-state index in [9.17, 15) is 23.6 Å². The van der Waals surface area contributed by atoms with Gasteiger partial charge < -0.3 is 18.9 Å². The number of carbonyl (C=O) groups is 2. The number of hydrogen-bond acceptors (Lipinski definition) is 8. The molecule has 0 radical (unpaired) electrons. The van der Waals surface area contributed by atoms with Gasteiger partial charge in [-0.1, -0.05) is 30.3 Å². The molecule has 1 N–H and O–H groups in total. The fourth-order valence-electron chi connectivity index (χ4n) is 3.61. The van der Waals surface area contributed by atoms with E-state index in [1.54, 1.807) is 0 Å². The maximum absolute atomic E-state index is 14.5. The molecule has 1 aliphatic heterocycles. The first kappa shape index (κ1) is 23.4. The highest BCUT2D eigenvalue weighted by atomic mass is 19.1. The molecule has 4 atom stereocenters. The number of halogens is 1. The van der Waals surface area contributed by atoms with E-state index < -0.39 is 53.9 Å². The van der Waals surface area contributed by atoms with E-state index in [-0.39, 0.29) is 13.2 Å². The zero-order valence-electron chi connectivity index (χ0n) is 17.5. The van der Waals surface area contributed by atoms with E-state index in [0.29, 0.717) is 0 Å². The van der Waals surface area contributed by atoms with E-state index in [1.807, 2.05) is 35.3 Å². The minimum Gasteiger partial charge on any atom is -0.455 e. The van der Waals surface area contributed by atoms with Gasteiger partial charge in [0.2, 0.25) is 5.60 Å². The van der Waals surface area contributed by atoms with E-state index >= 15 is 0 Å². The number of carbonyl (C=O) groups excluding carboxylic acids is 2. The molecule has 1 aliphatic rings. The van der Waals surface area contributed by atoms with Gasteiger partial charge in [-0.3, -0.25) is 23.9 Å². The Bertz CT molecular complexity index is 1070. The summed E-state index contributed by atoms with van der Waals surface area (Å²) in [5.74, 6) is -1.65. The van der Waals surface area contributed by atoms with E-state index in [1.165, 1.54) is 0 Å². The van der Waals surface area contributed by atoms with Crippen molar-refractivity contribution in [1.82, 2.24) is 9.55 Å². The number of ether oxygens (including phenoxy) is 4. The van der Waals surface area contributed by atoms with E-state index in [2.05, 4.69) is 0 Å². The fraction of sp³-hybridized carbons (Fsp3) is 0.429. The average molecular weight is 450 g/mol. The summed E-state index contributed by atoms with van der Waals surface area (Å²) in [5, 5.41) is 0. The predicted octanol–water partition coefficient (Wildman–Crippen LogP) is 0.854. The Morgan fingerprint density at radius 2 is 1.88 bits per heavy atom. The molecule has 1 aromatic heterocycles. The zero-order valence-corrected chi connectivity index (χ0v) is 17.5. The first-order valence-corrected chi connectivity index (χ1v) is 9.78. The Labute approximate surface area is 181 Å². The molecular weight excluding hydrogens is 427 g/mol. The van der Waals surface area contributed by atoms with Gasteiger partial charge in [0, 0.05) is 26.1 Å². The van der Waals surface area contributed by atoms with Crippen molar-refractivity contribution < 1.29 is 32.9 Å². The number of hydrogen-bond donors (Lipinski definition) is 1. The standard InChI is InChI=1S/C21H23FN2O8/c1-13(25)30-18-16(11-29-10-15-6-4-3-5-7-15)31-19(21(18,12-22)32-14(2)26)24-9-8-17(27)23-20(24)28/h3-9,16,18-19H,10-12H2,1-2H3,(H,23,27,28)/t16?,18-,19-,21?/m0/s1. The van der Waals surface area contributed by atoms with Crippen LogP contribution in [0, 0.1) is 0 Å². The molecule has 0 amide bonds. The first-order valence-electron chi connectivity index (χ1n) is 9.78. The topological polar surface area (TPSA) is 126 Å². The lowest BCUT2D eigenvalue weighted by Gasteiger charge is -2.35. The van der Waals surface area contributed by atoms with E-state index in [0.717, 1.165) is 36.2 Å². The molecule has 1 aromatic carbocycles. The predicted molar refractivity (Wildman–Crippen MR) is 107 cm³/mol. The lowest BCUT2D eigenvalue weighted by molar-refractivity contribution is -0.193. The van der Waals surface area contributed by atoms with Crippen LogP contribution in [0.2, 0.25) is 0 Å². The van der Waals surface area contributed by atoms with Crippen LogP contribution in [0.25, 0.3) is 0 Å². The Kier molecular flexibility index (Phi) is 7.21. The van der Waals surface area contributed by atoms with Crippen LogP contribution in [0.1, 0.15) is 25.6 Å². The van der Waals surface area contributed by atoms with Gasteiger partial charge in [0.25, 0.3) is 5.56 Å². The summed E-state index contributed by atoms with van der Waals surface area (Å²) in [6, 6.07) is 10.2. The molecular formula is C21H23FN2O8. The van der Waals surface area contributed by atoms with Crippen LogP contribution >= 0.6 is 0 Å². The van der Waals surface area contributed by atoms with Gasteiger partial charge in [0.1, 0.15) is 12.8 Å². The maximum Gasteiger partial charge on any atom is 0.330 e. The molecule has 10 nitrogen and oxygen atoms in total. The third-order valence-electron chi connectivity index (χ3n) is 4.87. The number of nitrogens with zero attached hydrogens (tertiary/aromatic N) is 1. The number of aromatic amines is 1. The second-order valence-corrected chi connectivity index (χ2v) is 7.26. The van der Waals surface area contributed by atoms with Crippen LogP contribution in [0.4, 0.5) is 4.39 Å². The third-order valence-corrected chi connectivity index (χ3v) is 4.87. The second kappa shape index (κ2) is 9.88. The minimum absolute atomic E-state index is 0.162. The van der Waals surface area contributed by atoms with Crippen molar-refractivity contribution in [2.45, 2.75) is 44.5 Å². The van der Waals surface area contributed by atoms with Crippen LogP contribution in [0.3, 0.4) is 0 Å². The van der Waals surface area contributed by atoms with Crippen LogP contribution < -0.4 is 11.2 Å². The van der Waals surface area contributed by atoms with Crippen molar-refractivity contribution in [3.05, 3.63) is 69.0 Å². The van der Waals surface area contributed by atoms with Crippen LogP contribution in [0.5, 0.6) is 0 Å². The normalized spacial score (nSPS) is 24.8. The van der Waals surface area contributed by atoms with Crippen molar-refractivity contribution in [1.29, 1.82) is 0 Å². The molecule has 11 heteroatoms. The number of H-pyrrole nitrogens is 1. The number of rotatable bonds is 8. The van der Waals surface area contributed by atoms with Crippen LogP contribution in [-0.4, -0.2) is 52.6 Å². The van der Waals surface area contributed by atoms with Crippen molar-refractivity contribution in [2.24, 2.45) is 0 Å². The summed E-state index contributed by atoms with van der Waals surface area (Å²) in [6.07, 6.45) is -2.96. The lowest BCUT2D eigenvalue weighted by Crippen LogP contribution is -2.55. The number of esters is 2. The molecule has 0 aliphatic carbocycles. The van der Waals surface area contributed by atoms with Gasteiger partial charge in [-0.15, -0.1) is 0 Å². The highest BCUT2D eigenvalue weighted by Crippen LogP contribution is 2.43. The van der Waals surface area contributed by atoms with Crippen molar-refractivity contribution >= 4 is 11.9 Å². The van der Waals surface area contributed by atoms with Gasteiger partial charge in [0.05, 0.1) is 13.2 Å². The summed E-state index contributed by atoms with van der Waals surface area (Å²) in [5.41, 5.74) is -2.91. The smallest absolute Gasteiger partial charge is 0.330 e. The third kappa shape index (κ3) is 4.94. The Balaban J connectivity index is 1.97. The number of alkyl halides is 1. The number of aromatic nitrogens is 2.